The smallest absolute Gasteiger partial charge is 0.303 e. The van der Waals surface area contributed by atoms with Gasteiger partial charge in [-0.05, 0) is 110 Å². The number of carboxylic acids is 1. The summed E-state index contributed by atoms with van der Waals surface area (Å²) in [6.07, 6.45) is 49.0. The first-order valence-corrected chi connectivity index (χ1v) is 20.8. The lowest BCUT2D eigenvalue weighted by molar-refractivity contribution is -0.214. The first-order valence-electron chi connectivity index (χ1n) is 20.8. The van der Waals surface area contributed by atoms with E-state index >= 15 is 0 Å². The van der Waals surface area contributed by atoms with Crippen LogP contribution in [-0.4, -0.2) is 53.6 Å². The highest BCUT2D eigenvalue weighted by Crippen LogP contribution is 2.25. The van der Waals surface area contributed by atoms with E-state index in [1.165, 1.54) is 83.5 Å². The molecule has 0 radical (unpaired) electrons. The lowest BCUT2D eigenvalue weighted by Crippen LogP contribution is -2.33. The van der Waals surface area contributed by atoms with E-state index < -0.39 is 11.8 Å². The minimum absolute atomic E-state index is 0.263. The van der Waals surface area contributed by atoms with E-state index in [1.54, 1.807) is 0 Å². The molecule has 0 spiro atoms. The van der Waals surface area contributed by atoms with Gasteiger partial charge in [-0.25, -0.2) is 0 Å². The van der Waals surface area contributed by atoms with Gasteiger partial charge in [-0.2, -0.15) is 0 Å². The third-order valence-corrected chi connectivity index (χ3v) is 9.27. The fourth-order valence-corrected chi connectivity index (χ4v) is 6.06. The highest BCUT2D eigenvalue weighted by molar-refractivity contribution is 5.66. The van der Waals surface area contributed by atoms with Crippen LogP contribution in [-0.2, 0) is 9.53 Å². The molecule has 1 atom stereocenters. The zero-order chi connectivity index (χ0) is 35.9. The van der Waals surface area contributed by atoms with Crippen LogP contribution in [0.1, 0.15) is 194 Å². The van der Waals surface area contributed by atoms with E-state index in [1.807, 2.05) is 0 Å². The van der Waals surface area contributed by atoms with Crippen LogP contribution in [0, 0.1) is 0 Å². The molecule has 0 saturated heterocycles. The van der Waals surface area contributed by atoms with Crippen LogP contribution in [0.2, 0.25) is 0 Å². The maximum Gasteiger partial charge on any atom is 0.303 e. The summed E-state index contributed by atoms with van der Waals surface area (Å²) < 4.78 is 6.21. The maximum absolute atomic E-state index is 11.5. The fourth-order valence-electron chi connectivity index (χ4n) is 6.06. The van der Waals surface area contributed by atoms with Gasteiger partial charge in [-0.3, -0.25) is 4.79 Å². The van der Waals surface area contributed by atoms with E-state index in [0.29, 0.717) is 6.61 Å². The number of carboxylic acid groups (broad SMARTS) is 1. The number of unbranched alkanes of at least 4 members (excludes halogenated alkanes) is 17. The number of rotatable bonds is 38. The third kappa shape index (κ3) is 37.4. The predicted octanol–water partition coefficient (Wildman–Crippen LogP) is 12.9. The SMILES string of the molecule is CCCCC/C=C\C/C=C\CCCCCCCCC(O)(CCCCC/C=C\C/C=C\CCCCC)OCCCN(C)CCCCCC(=O)O. The van der Waals surface area contributed by atoms with Crippen molar-refractivity contribution in [2.75, 3.05) is 26.7 Å². The van der Waals surface area contributed by atoms with Crippen molar-refractivity contribution < 1.29 is 19.7 Å². The van der Waals surface area contributed by atoms with Crippen LogP contribution in [0.5, 0.6) is 0 Å². The maximum atomic E-state index is 11.5. The van der Waals surface area contributed by atoms with Gasteiger partial charge >= 0.3 is 5.97 Å². The topological polar surface area (TPSA) is 70.0 Å². The highest BCUT2D eigenvalue weighted by atomic mass is 16.6. The molecule has 0 bridgehead atoms. The van der Waals surface area contributed by atoms with E-state index in [0.717, 1.165) is 103 Å². The normalized spacial score (nSPS) is 13.7. The minimum atomic E-state index is -1.01. The highest BCUT2D eigenvalue weighted by Gasteiger charge is 2.26. The van der Waals surface area contributed by atoms with Crippen molar-refractivity contribution in [1.82, 2.24) is 4.90 Å². The Morgan fingerprint density at radius 2 is 0.959 bits per heavy atom. The molecule has 0 aliphatic rings. The van der Waals surface area contributed by atoms with Crippen molar-refractivity contribution in [2.45, 2.75) is 199 Å². The van der Waals surface area contributed by atoms with Crippen molar-refractivity contribution in [3.63, 3.8) is 0 Å². The number of ether oxygens (including phenoxy) is 1. The van der Waals surface area contributed by atoms with Crippen molar-refractivity contribution in [2.24, 2.45) is 0 Å². The molecule has 0 amide bonds. The zero-order valence-corrected chi connectivity index (χ0v) is 32.7. The molecule has 2 N–H and O–H groups in total. The molecule has 0 fully saturated rings. The summed E-state index contributed by atoms with van der Waals surface area (Å²) in [5, 5.41) is 20.3. The third-order valence-electron chi connectivity index (χ3n) is 9.27. The number of allylic oxidation sites excluding steroid dienone is 8. The summed E-state index contributed by atoms with van der Waals surface area (Å²) in [5.74, 6) is -1.72. The molecule has 0 aromatic carbocycles. The molecule has 0 aromatic heterocycles. The number of carbonyl (C=O) groups is 1. The Bertz CT molecular complexity index is 820. The molecule has 5 heteroatoms. The van der Waals surface area contributed by atoms with Crippen LogP contribution in [0.15, 0.2) is 48.6 Å². The Hall–Kier alpha value is -1.69. The largest absolute Gasteiger partial charge is 0.481 e. The number of aliphatic carboxylic acids is 1. The van der Waals surface area contributed by atoms with Gasteiger partial charge in [0.2, 0.25) is 0 Å². The average molecular weight is 688 g/mol. The Balaban J connectivity index is 4.32. The average Bonchev–Trinajstić information content (AvgIpc) is 3.08. The van der Waals surface area contributed by atoms with Crippen molar-refractivity contribution in [1.29, 1.82) is 0 Å². The number of nitrogens with zero attached hydrogens (tertiary/aromatic N) is 1. The summed E-state index contributed by atoms with van der Waals surface area (Å²) in [6.45, 7) is 6.99. The number of hydrogen-bond acceptors (Lipinski definition) is 4. The van der Waals surface area contributed by atoms with Gasteiger partial charge in [0.05, 0.1) is 6.61 Å². The second-order valence-corrected chi connectivity index (χ2v) is 14.3. The molecule has 5 nitrogen and oxygen atoms in total. The predicted molar refractivity (Wildman–Crippen MR) is 213 cm³/mol. The molecular weight excluding hydrogens is 606 g/mol. The molecule has 0 aromatic rings. The van der Waals surface area contributed by atoms with E-state index in [4.69, 9.17) is 9.84 Å². The van der Waals surface area contributed by atoms with E-state index in [2.05, 4.69) is 74.4 Å². The minimum Gasteiger partial charge on any atom is -0.481 e. The Labute approximate surface area is 304 Å². The molecule has 1 unspecified atom stereocenters. The van der Waals surface area contributed by atoms with E-state index in [-0.39, 0.29) is 6.42 Å². The molecule has 0 aliphatic carbocycles. The van der Waals surface area contributed by atoms with Gasteiger partial charge in [0.25, 0.3) is 0 Å². The van der Waals surface area contributed by atoms with Crippen molar-refractivity contribution in [3.05, 3.63) is 48.6 Å². The molecule has 0 aliphatic heterocycles. The quantitative estimate of drug-likeness (QED) is 0.0384. The monoisotopic (exact) mass is 688 g/mol. The molecule has 0 saturated carbocycles. The first kappa shape index (κ1) is 47.3. The molecule has 0 heterocycles. The number of aliphatic hydroxyl groups is 1. The second kappa shape index (κ2) is 37.6. The van der Waals surface area contributed by atoms with Crippen LogP contribution in [0.4, 0.5) is 0 Å². The van der Waals surface area contributed by atoms with Gasteiger partial charge in [0.15, 0.2) is 5.79 Å². The van der Waals surface area contributed by atoms with Crippen LogP contribution >= 0.6 is 0 Å². The number of hydrogen-bond donors (Lipinski definition) is 2. The van der Waals surface area contributed by atoms with Crippen molar-refractivity contribution >= 4 is 5.97 Å². The zero-order valence-electron chi connectivity index (χ0n) is 32.7. The van der Waals surface area contributed by atoms with Crippen LogP contribution in [0.25, 0.3) is 0 Å². The second-order valence-electron chi connectivity index (χ2n) is 14.3. The summed E-state index contributed by atoms with van der Waals surface area (Å²) in [6, 6.07) is 0. The summed E-state index contributed by atoms with van der Waals surface area (Å²) >= 11 is 0. The van der Waals surface area contributed by atoms with Crippen LogP contribution < -0.4 is 0 Å². The lowest BCUT2D eigenvalue weighted by atomic mass is 9.99. The Morgan fingerprint density at radius 1 is 0.551 bits per heavy atom. The van der Waals surface area contributed by atoms with Gasteiger partial charge < -0.3 is 19.8 Å². The summed E-state index contributed by atoms with van der Waals surface area (Å²) in [7, 11) is 2.12. The molecule has 286 valence electrons. The summed E-state index contributed by atoms with van der Waals surface area (Å²) in [5.41, 5.74) is 0. The summed E-state index contributed by atoms with van der Waals surface area (Å²) in [4.78, 5) is 13.0. The fraction of sp³-hybridized carbons (Fsp3) is 0.795. The van der Waals surface area contributed by atoms with Gasteiger partial charge in [-0.1, -0.05) is 127 Å². The Morgan fingerprint density at radius 3 is 1.45 bits per heavy atom. The van der Waals surface area contributed by atoms with Gasteiger partial charge in [-0.15, -0.1) is 0 Å². The van der Waals surface area contributed by atoms with E-state index in [9.17, 15) is 9.90 Å². The van der Waals surface area contributed by atoms with Gasteiger partial charge in [0.1, 0.15) is 0 Å². The lowest BCUT2D eigenvalue weighted by Gasteiger charge is -2.29. The molecule has 49 heavy (non-hydrogen) atoms. The first-order chi connectivity index (χ1) is 23.9. The standard InChI is InChI=1S/C44H81NO4/c1-4-6-8-10-12-14-16-18-19-20-22-24-26-28-30-34-39-44(48,49-42-36-41-45(3)40-35-31-32-37-43(46)47)38-33-29-27-25-23-21-17-15-13-11-9-7-5-2/h12-15,18-19,21,23,48H,4-11,16-17,20,22,24-42H2,1-3H3,(H,46,47)/b14-12-,15-13-,19-18-,23-21-. The van der Waals surface area contributed by atoms with Crippen molar-refractivity contribution in [3.8, 4) is 0 Å². The Kier molecular flexibility index (Phi) is 36.3. The molecular formula is C44H81NO4. The van der Waals surface area contributed by atoms with Gasteiger partial charge in [0, 0.05) is 25.8 Å². The van der Waals surface area contributed by atoms with Crippen LogP contribution in [0.3, 0.4) is 0 Å². The molecule has 0 rings (SSSR count).